The summed E-state index contributed by atoms with van der Waals surface area (Å²) < 4.78 is 6.55. The second-order valence-corrected chi connectivity index (χ2v) is 8.65. The molecule has 2 saturated heterocycles. The lowest BCUT2D eigenvalue weighted by Gasteiger charge is -2.25. The summed E-state index contributed by atoms with van der Waals surface area (Å²) in [6.45, 7) is 4.62. The molecule has 1 aromatic heterocycles. The number of anilines is 1. The van der Waals surface area contributed by atoms with Crippen molar-refractivity contribution in [3.05, 3.63) is 58.2 Å². The molecule has 0 saturated carbocycles. The number of carbonyl (C=O) groups is 1. The van der Waals surface area contributed by atoms with E-state index in [1.165, 1.54) is 36.6 Å². The first-order valence-corrected chi connectivity index (χ1v) is 10.5. The van der Waals surface area contributed by atoms with Gasteiger partial charge in [0.2, 0.25) is 0 Å². The third-order valence-corrected chi connectivity index (χ3v) is 6.27. The Balaban J connectivity index is 1.47. The van der Waals surface area contributed by atoms with Gasteiger partial charge in [-0.2, -0.15) is 0 Å². The van der Waals surface area contributed by atoms with Crippen LogP contribution >= 0.6 is 24.0 Å². The second-order valence-electron chi connectivity index (χ2n) is 6.98. The van der Waals surface area contributed by atoms with Gasteiger partial charge in [0.1, 0.15) is 10.1 Å². The van der Waals surface area contributed by atoms with Crippen molar-refractivity contribution < 1.29 is 9.21 Å². The van der Waals surface area contributed by atoms with Crippen LogP contribution in [-0.2, 0) is 11.3 Å². The van der Waals surface area contributed by atoms with Crippen molar-refractivity contribution in [2.75, 3.05) is 18.0 Å². The van der Waals surface area contributed by atoms with Gasteiger partial charge in [-0.05, 0) is 37.8 Å². The van der Waals surface area contributed by atoms with Crippen LogP contribution in [0.25, 0.3) is 6.08 Å². The van der Waals surface area contributed by atoms with E-state index in [0.29, 0.717) is 21.5 Å². The van der Waals surface area contributed by atoms with Crippen LogP contribution in [0.2, 0.25) is 0 Å². The Hall–Kier alpha value is -2.05. The summed E-state index contributed by atoms with van der Waals surface area (Å²) in [4.78, 5) is 17.3. The van der Waals surface area contributed by atoms with Gasteiger partial charge in [0.05, 0.1) is 11.4 Å². The molecule has 6 heteroatoms. The Kier molecular flexibility index (Phi) is 5.36. The molecule has 2 aliphatic heterocycles. The number of hydrogen-bond acceptors (Lipinski definition) is 5. The van der Waals surface area contributed by atoms with E-state index in [0.717, 1.165) is 24.5 Å². The van der Waals surface area contributed by atoms with Crippen LogP contribution in [0.3, 0.4) is 0 Å². The summed E-state index contributed by atoms with van der Waals surface area (Å²) in [7, 11) is 0. The monoisotopic (exact) mass is 398 g/mol. The Morgan fingerprint density at radius 2 is 1.85 bits per heavy atom. The molecule has 4 nitrogen and oxygen atoms in total. The van der Waals surface area contributed by atoms with Crippen LogP contribution in [0.5, 0.6) is 0 Å². The van der Waals surface area contributed by atoms with Crippen molar-refractivity contribution in [1.29, 1.82) is 0 Å². The van der Waals surface area contributed by atoms with E-state index in [-0.39, 0.29) is 5.91 Å². The highest BCUT2D eigenvalue weighted by Gasteiger charge is 2.32. The predicted octanol–water partition coefficient (Wildman–Crippen LogP) is 4.98. The number of aryl methyl sites for hydroxylation is 1. The third kappa shape index (κ3) is 4.12. The molecule has 0 aliphatic carbocycles. The number of thiocarbonyl (C=S) groups is 1. The average Bonchev–Trinajstić information content (AvgIpc) is 3.25. The summed E-state index contributed by atoms with van der Waals surface area (Å²) in [5, 5.41) is 0. The molecule has 0 N–H and O–H groups in total. The minimum absolute atomic E-state index is 0.0542. The molecule has 0 atom stereocenters. The maximum atomic E-state index is 12.8. The zero-order valence-corrected chi connectivity index (χ0v) is 16.9. The number of benzene rings is 1. The van der Waals surface area contributed by atoms with E-state index in [1.54, 1.807) is 4.90 Å². The van der Waals surface area contributed by atoms with Gasteiger partial charge in [-0.25, -0.2) is 0 Å². The molecule has 140 valence electrons. The standard InChI is InChI=1S/C21H22N2O2S2/c1-15-5-7-16(8-6-15)14-23-20(24)18(27-21(23)26)13-17-9-10-19(25-17)22-11-3-2-4-12-22/h5-10,13H,2-4,11-12,14H2,1H3/b18-13-. The first kappa shape index (κ1) is 18.3. The Morgan fingerprint density at radius 1 is 1.11 bits per heavy atom. The first-order chi connectivity index (χ1) is 13.1. The van der Waals surface area contributed by atoms with E-state index in [1.807, 2.05) is 49.4 Å². The molecule has 27 heavy (non-hydrogen) atoms. The van der Waals surface area contributed by atoms with E-state index >= 15 is 0 Å². The highest BCUT2D eigenvalue weighted by atomic mass is 32.2. The van der Waals surface area contributed by atoms with Crippen molar-refractivity contribution in [2.24, 2.45) is 0 Å². The molecule has 3 heterocycles. The maximum absolute atomic E-state index is 12.8. The van der Waals surface area contributed by atoms with E-state index in [9.17, 15) is 4.79 Å². The highest BCUT2D eigenvalue weighted by Crippen LogP contribution is 2.34. The smallest absolute Gasteiger partial charge is 0.266 e. The molecule has 1 amide bonds. The lowest BCUT2D eigenvalue weighted by molar-refractivity contribution is -0.122. The van der Waals surface area contributed by atoms with Crippen molar-refractivity contribution in [3.63, 3.8) is 0 Å². The molecule has 0 spiro atoms. The van der Waals surface area contributed by atoms with Crippen LogP contribution in [0.4, 0.5) is 5.88 Å². The lowest BCUT2D eigenvalue weighted by Crippen LogP contribution is -2.28. The number of hydrogen-bond donors (Lipinski definition) is 0. The zero-order valence-electron chi connectivity index (χ0n) is 15.3. The van der Waals surface area contributed by atoms with Crippen LogP contribution < -0.4 is 4.90 Å². The third-order valence-electron chi connectivity index (χ3n) is 4.89. The van der Waals surface area contributed by atoms with E-state index in [2.05, 4.69) is 4.90 Å². The fourth-order valence-electron chi connectivity index (χ4n) is 3.35. The number of nitrogens with zero attached hydrogens (tertiary/aromatic N) is 2. The van der Waals surface area contributed by atoms with Crippen molar-refractivity contribution in [1.82, 2.24) is 4.90 Å². The van der Waals surface area contributed by atoms with Gasteiger partial charge < -0.3 is 9.32 Å². The molecule has 0 radical (unpaired) electrons. The predicted molar refractivity (Wildman–Crippen MR) is 115 cm³/mol. The molecule has 2 aliphatic rings. The lowest BCUT2D eigenvalue weighted by atomic mass is 10.1. The van der Waals surface area contributed by atoms with Gasteiger partial charge in [0.25, 0.3) is 5.91 Å². The average molecular weight is 399 g/mol. The van der Waals surface area contributed by atoms with Crippen LogP contribution in [-0.4, -0.2) is 28.2 Å². The number of thioether (sulfide) groups is 1. The van der Waals surface area contributed by atoms with Gasteiger partial charge >= 0.3 is 0 Å². The minimum Gasteiger partial charge on any atom is -0.441 e. The summed E-state index contributed by atoms with van der Waals surface area (Å²) in [6, 6.07) is 12.1. The quantitative estimate of drug-likeness (QED) is 0.536. The highest BCUT2D eigenvalue weighted by molar-refractivity contribution is 8.26. The van der Waals surface area contributed by atoms with Gasteiger partial charge in [-0.1, -0.05) is 53.8 Å². The van der Waals surface area contributed by atoms with Crippen LogP contribution in [0.1, 0.15) is 36.1 Å². The fourth-order valence-corrected chi connectivity index (χ4v) is 4.58. The number of rotatable bonds is 4. The van der Waals surface area contributed by atoms with Gasteiger partial charge in [0, 0.05) is 25.2 Å². The van der Waals surface area contributed by atoms with E-state index in [4.69, 9.17) is 16.6 Å². The number of amides is 1. The summed E-state index contributed by atoms with van der Waals surface area (Å²) in [5.74, 6) is 1.53. The minimum atomic E-state index is -0.0542. The summed E-state index contributed by atoms with van der Waals surface area (Å²) >= 11 is 6.77. The molecule has 2 aromatic rings. The summed E-state index contributed by atoms with van der Waals surface area (Å²) in [5.41, 5.74) is 2.27. The van der Waals surface area contributed by atoms with Gasteiger partial charge in [-0.15, -0.1) is 0 Å². The number of piperidine rings is 1. The zero-order chi connectivity index (χ0) is 18.8. The van der Waals surface area contributed by atoms with E-state index < -0.39 is 0 Å². The molecular weight excluding hydrogens is 376 g/mol. The van der Waals surface area contributed by atoms with Crippen molar-refractivity contribution in [3.8, 4) is 0 Å². The Morgan fingerprint density at radius 3 is 2.59 bits per heavy atom. The Labute approximate surface area is 169 Å². The Bertz CT molecular complexity index is 880. The molecule has 1 aromatic carbocycles. The fraction of sp³-hybridized carbons (Fsp3) is 0.333. The molecule has 4 rings (SSSR count). The second kappa shape index (κ2) is 7.90. The first-order valence-electron chi connectivity index (χ1n) is 9.26. The molecule has 0 bridgehead atoms. The molecule has 0 unspecified atom stereocenters. The normalized spacial score (nSPS) is 19.4. The maximum Gasteiger partial charge on any atom is 0.266 e. The van der Waals surface area contributed by atoms with Crippen LogP contribution in [0, 0.1) is 6.92 Å². The summed E-state index contributed by atoms with van der Waals surface area (Å²) in [6.07, 6.45) is 5.50. The molecule has 2 fully saturated rings. The van der Waals surface area contributed by atoms with Crippen LogP contribution in [0.15, 0.2) is 45.7 Å². The SMILES string of the molecule is Cc1ccc(CN2C(=O)/C(=C/c3ccc(N4CCCCC4)o3)SC2=S)cc1. The largest absolute Gasteiger partial charge is 0.441 e. The molecular formula is C21H22N2O2S2. The topological polar surface area (TPSA) is 36.7 Å². The van der Waals surface area contributed by atoms with Crippen molar-refractivity contribution >= 4 is 46.2 Å². The van der Waals surface area contributed by atoms with Crippen molar-refractivity contribution in [2.45, 2.75) is 32.7 Å². The van der Waals surface area contributed by atoms with Gasteiger partial charge in [-0.3, -0.25) is 9.69 Å². The number of carbonyl (C=O) groups excluding carboxylic acids is 1. The number of furan rings is 1. The van der Waals surface area contributed by atoms with Gasteiger partial charge in [0.15, 0.2) is 5.88 Å².